The smallest absolute Gasteiger partial charge is 0.324 e. The third-order valence-electron chi connectivity index (χ3n) is 4.56. The van der Waals surface area contributed by atoms with Crippen molar-refractivity contribution in [2.24, 2.45) is 0 Å². The normalized spacial score (nSPS) is 14.5. The molecule has 8 nitrogen and oxygen atoms in total. The summed E-state index contributed by atoms with van der Waals surface area (Å²) < 4.78 is 5.39. The quantitative estimate of drug-likeness (QED) is 0.590. The Bertz CT molecular complexity index is 857. The van der Waals surface area contributed by atoms with E-state index in [4.69, 9.17) is 4.74 Å². The second kappa shape index (κ2) is 8.83. The molecule has 0 unspecified atom stereocenters. The minimum Gasteiger partial charge on any atom is -0.494 e. The van der Waals surface area contributed by atoms with Crippen molar-refractivity contribution in [2.45, 2.75) is 25.8 Å². The predicted molar refractivity (Wildman–Crippen MR) is 105 cm³/mol. The van der Waals surface area contributed by atoms with Crippen LogP contribution in [0.5, 0.6) is 5.75 Å². The van der Waals surface area contributed by atoms with Gasteiger partial charge in [0.1, 0.15) is 5.75 Å². The minimum atomic E-state index is -0.507. The average molecular weight is 403 g/mol. The fraction of sp³-hybridized carbons (Fsp3) is 0.368. The van der Waals surface area contributed by atoms with E-state index >= 15 is 0 Å². The van der Waals surface area contributed by atoms with Gasteiger partial charge in [0, 0.05) is 36.1 Å². The molecule has 0 saturated carbocycles. The lowest BCUT2D eigenvalue weighted by Crippen LogP contribution is -2.46. The SMILES string of the molecule is CCOc1ccc(C(=O)N2CCC(NC(=O)c3csc([N+](=O)[O-])c3)CC2)cc1. The van der Waals surface area contributed by atoms with Crippen molar-refractivity contribution < 1.29 is 19.2 Å². The molecule has 0 aliphatic carbocycles. The molecule has 148 valence electrons. The van der Waals surface area contributed by atoms with Crippen molar-refractivity contribution >= 4 is 28.2 Å². The van der Waals surface area contributed by atoms with Gasteiger partial charge in [0.15, 0.2) is 0 Å². The fourth-order valence-electron chi connectivity index (χ4n) is 3.08. The first-order valence-electron chi connectivity index (χ1n) is 9.04. The van der Waals surface area contributed by atoms with E-state index < -0.39 is 4.92 Å². The summed E-state index contributed by atoms with van der Waals surface area (Å²) in [4.78, 5) is 36.9. The minimum absolute atomic E-state index is 0.0405. The Hall–Kier alpha value is -2.94. The Morgan fingerprint density at radius 2 is 1.93 bits per heavy atom. The first kappa shape index (κ1) is 19.8. The van der Waals surface area contributed by atoms with E-state index in [1.54, 1.807) is 29.2 Å². The van der Waals surface area contributed by atoms with E-state index in [-0.39, 0.29) is 22.9 Å². The standard InChI is InChI=1S/C19H21N3O5S/c1-2-27-16-5-3-13(4-6-16)19(24)21-9-7-15(8-10-21)20-18(23)14-11-17(22(25)26)28-12-14/h3-6,11-12,15H,2,7-10H2,1H3,(H,20,23). The molecule has 1 fully saturated rings. The number of benzene rings is 1. The van der Waals surface area contributed by atoms with Crippen LogP contribution in [-0.4, -0.2) is 47.4 Å². The molecule has 2 amide bonds. The lowest BCUT2D eigenvalue weighted by atomic mass is 10.0. The highest BCUT2D eigenvalue weighted by molar-refractivity contribution is 7.13. The Morgan fingerprint density at radius 1 is 1.25 bits per heavy atom. The number of nitrogens with zero attached hydrogens (tertiary/aromatic N) is 2. The number of hydrogen-bond donors (Lipinski definition) is 1. The number of amides is 2. The molecule has 3 rings (SSSR count). The molecule has 1 saturated heterocycles. The van der Waals surface area contributed by atoms with Crippen LogP contribution in [0.4, 0.5) is 5.00 Å². The number of carbonyl (C=O) groups excluding carboxylic acids is 2. The summed E-state index contributed by atoms with van der Waals surface area (Å²) in [6, 6.07) is 8.30. The second-order valence-electron chi connectivity index (χ2n) is 6.43. The summed E-state index contributed by atoms with van der Waals surface area (Å²) in [7, 11) is 0. The van der Waals surface area contributed by atoms with E-state index in [0.29, 0.717) is 43.7 Å². The van der Waals surface area contributed by atoms with Crippen LogP contribution in [0.2, 0.25) is 0 Å². The van der Waals surface area contributed by atoms with Gasteiger partial charge in [-0.25, -0.2) is 0 Å². The van der Waals surface area contributed by atoms with Crippen LogP contribution in [0.25, 0.3) is 0 Å². The Labute approximate surface area is 166 Å². The molecule has 0 bridgehead atoms. The first-order chi connectivity index (χ1) is 13.5. The Morgan fingerprint density at radius 3 is 2.50 bits per heavy atom. The van der Waals surface area contributed by atoms with E-state index in [1.807, 2.05) is 6.92 Å². The van der Waals surface area contributed by atoms with Crippen molar-refractivity contribution in [2.75, 3.05) is 19.7 Å². The van der Waals surface area contributed by atoms with Crippen LogP contribution in [0.15, 0.2) is 35.7 Å². The van der Waals surface area contributed by atoms with Gasteiger partial charge < -0.3 is 15.0 Å². The van der Waals surface area contributed by atoms with E-state index in [9.17, 15) is 19.7 Å². The zero-order chi connectivity index (χ0) is 20.1. The van der Waals surface area contributed by atoms with Crippen molar-refractivity contribution in [3.63, 3.8) is 0 Å². The molecule has 1 aromatic heterocycles. The largest absolute Gasteiger partial charge is 0.494 e. The third kappa shape index (κ3) is 4.66. The number of carbonyl (C=O) groups is 2. The van der Waals surface area contributed by atoms with Crippen molar-refractivity contribution in [1.82, 2.24) is 10.2 Å². The Kier molecular flexibility index (Phi) is 6.25. The average Bonchev–Trinajstić information content (AvgIpc) is 3.20. The highest BCUT2D eigenvalue weighted by Crippen LogP contribution is 2.23. The predicted octanol–water partition coefficient (Wildman–Crippen LogP) is 3.09. The maximum atomic E-state index is 12.6. The van der Waals surface area contributed by atoms with Gasteiger partial charge >= 0.3 is 5.00 Å². The van der Waals surface area contributed by atoms with E-state index in [1.165, 1.54) is 11.4 Å². The van der Waals surface area contributed by atoms with Crippen LogP contribution in [0.3, 0.4) is 0 Å². The maximum Gasteiger partial charge on any atom is 0.324 e. The monoisotopic (exact) mass is 403 g/mol. The molecule has 1 N–H and O–H groups in total. The molecule has 0 atom stereocenters. The molecule has 2 aromatic rings. The van der Waals surface area contributed by atoms with Gasteiger partial charge in [-0.05, 0) is 44.0 Å². The summed E-state index contributed by atoms with van der Waals surface area (Å²) in [5.74, 6) is 0.371. The number of nitrogens with one attached hydrogen (secondary N) is 1. The summed E-state index contributed by atoms with van der Waals surface area (Å²) in [5.41, 5.74) is 0.904. The highest BCUT2D eigenvalue weighted by atomic mass is 32.1. The zero-order valence-electron chi connectivity index (χ0n) is 15.4. The molecular formula is C19H21N3O5S. The summed E-state index contributed by atoms with van der Waals surface area (Å²) in [5, 5.41) is 15.1. The molecule has 2 heterocycles. The molecule has 0 radical (unpaired) electrons. The number of nitro groups is 1. The van der Waals surface area contributed by atoms with Gasteiger partial charge in [-0.3, -0.25) is 19.7 Å². The third-order valence-corrected chi connectivity index (χ3v) is 5.44. The summed E-state index contributed by atoms with van der Waals surface area (Å²) in [6.07, 6.45) is 1.28. The molecule has 1 aromatic carbocycles. The van der Waals surface area contributed by atoms with Crippen LogP contribution in [0.1, 0.15) is 40.5 Å². The number of ether oxygens (including phenoxy) is 1. The van der Waals surface area contributed by atoms with Crippen molar-refractivity contribution in [3.05, 3.63) is 57.0 Å². The second-order valence-corrected chi connectivity index (χ2v) is 7.32. The first-order valence-corrected chi connectivity index (χ1v) is 9.92. The van der Waals surface area contributed by atoms with Gasteiger partial charge in [0.2, 0.25) is 0 Å². The molecule has 1 aliphatic heterocycles. The Balaban J connectivity index is 1.51. The highest BCUT2D eigenvalue weighted by Gasteiger charge is 2.25. The number of hydrogen-bond acceptors (Lipinski definition) is 6. The number of piperidine rings is 1. The molecule has 1 aliphatic rings. The van der Waals surface area contributed by atoms with Gasteiger partial charge in [0.25, 0.3) is 11.8 Å². The van der Waals surface area contributed by atoms with E-state index in [2.05, 4.69) is 5.32 Å². The lowest BCUT2D eigenvalue weighted by molar-refractivity contribution is -0.380. The van der Waals surface area contributed by atoms with Crippen molar-refractivity contribution in [1.29, 1.82) is 0 Å². The topological polar surface area (TPSA) is 102 Å². The van der Waals surface area contributed by atoms with Gasteiger partial charge in [-0.1, -0.05) is 11.3 Å². The van der Waals surface area contributed by atoms with Crippen molar-refractivity contribution in [3.8, 4) is 5.75 Å². The fourth-order valence-corrected chi connectivity index (χ4v) is 3.78. The van der Waals surface area contributed by atoms with Crippen LogP contribution >= 0.6 is 11.3 Å². The summed E-state index contributed by atoms with van der Waals surface area (Å²) in [6.45, 7) is 3.56. The van der Waals surface area contributed by atoms with Gasteiger partial charge in [-0.15, -0.1) is 0 Å². The van der Waals surface area contributed by atoms with E-state index in [0.717, 1.165) is 17.1 Å². The summed E-state index contributed by atoms with van der Waals surface area (Å²) >= 11 is 0.932. The van der Waals surface area contributed by atoms with Crippen LogP contribution in [0, 0.1) is 10.1 Å². The zero-order valence-corrected chi connectivity index (χ0v) is 16.2. The number of likely N-dealkylation sites (tertiary alicyclic amines) is 1. The lowest BCUT2D eigenvalue weighted by Gasteiger charge is -2.32. The van der Waals surface area contributed by atoms with Crippen LogP contribution < -0.4 is 10.1 Å². The maximum absolute atomic E-state index is 12.6. The molecule has 9 heteroatoms. The number of rotatable bonds is 6. The molecule has 0 spiro atoms. The van der Waals surface area contributed by atoms with Gasteiger partial charge in [0.05, 0.1) is 17.1 Å². The molecule has 28 heavy (non-hydrogen) atoms. The molecular weight excluding hydrogens is 382 g/mol. The van der Waals surface area contributed by atoms with Gasteiger partial charge in [-0.2, -0.15) is 0 Å². The number of thiophene rings is 1. The van der Waals surface area contributed by atoms with Crippen LogP contribution in [-0.2, 0) is 0 Å².